The molecule has 3 aromatic rings. The monoisotopic (exact) mass is 250 g/mol. The quantitative estimate of drug-likeness (QED) is 0.631. The fourth-order valence-electron chi connectivity index (χ4n) is 2.06. The average Bonchev–Trinajstić information content (AvgIpc) is 2.71. The van der Waals surface area contributed by atoms with E-state index in [0.29, 0.717) is 5.65 Å². The minimum absolute atomic E-state index is 0.0667. The van der Waals surface area contributed by atoms with E-state index in [0.717, 1.165) is 12.1 Å². The summed E-state index contributed by atoms with van der Waals surface area (Å²) in [6.45, 7) is 0. The number of rotatable bonds is 0. The Hall–Kier alpha value is -2.44. The lowest BCUT2D eigenvalue weighted by atomic mass is 10.1. The van der Waals surface area contributed by atoms with Crippen molar-refractivity contribution in [1.29, 1.82) is 0 Å². The first-order valence-electron chi connectivity index (χ1n) is 5.12. The molecule has 0 spiro atoms. The maximum absolute atomic E-state index is 13.2. The number of nitrogens with zero attached hydrogens (tertiary/aromatic N) is 2. The molecule has 0 aliphatic rings. The van der Waals surface area contributed by atoms with E-state index in [1.165, 1.54) is 4.57 Å². The Bertz CT molecular complexity index is 850. The van der Waals surface area contributed by atoms with Crippen molar-refractivity contribution in [3.05, 3.63) is 34.0 Å². The topological polar surface area (TPSA) is 76.7 Å². The van der Waals surface area contributed by atoms with E-state index < -0.39 is 17.1 Å². The number of hydrogen-bond donors (Lipinski definition) is 2. The first kappa shape index (κ1) is 10.7. The molecule has 2 aromatic heterocycles. The highest BCUT2D eigenvalue weighted by Gasteiger charge is 2.16. The van der Waals surface area contributed by atoms with Crippen LogP contribution in [0.25, 0.3) is 21.9 Å². The van der Waals surface area contributed by atoms with Gasteiger partial charge in [-0.2, -0.15) is 5.10 Å². The van der Waals surface area contributed by atoms with Gasteiger partial charge in [-0.25, -0.2) is 8.78 Å². The fourth-order valence-corrected chi connectivity index (χ4v) is 2.06. The van der Waals surface area contributed by atoms with Crippen LogP contribution < -0.4 is 11.2 Å². The molecule has 1 aromatic carbocycles. The van der Waals surface area contributed by atoms with E-state index in [1.807, 2.05) is 0 Å². The first-order valence-corrected chi connectivity index (χ1v) is 5.12. The molecule has 0 radical (unpaired) electrons. The number of nitrogens with one attached hydrogen (secondary N) is 1. The molecule has 0 atom stereocenters. The van der Waals surface area contributed by atoms with Crippen molar-refractivity contribution in [2.75, 3.05) is 5.73 Å². The van der Waals surface area contributed by atoms with Crippen LogP contribution in [0.1, 0.15) is 0 Å². The number of nitrogen functional groups attached to an aromatic ring is 1. The van der Waals surface area contributed by atoms with Crippen LogP contribution in [0.3, 0.4) is 0 Å². The standard InChI is InChI=1S/C11H8F2N4O/c1-17-7-3-6(13)5(12)2-4(7)9(18)8-10(14)15-16-11(8)17/h2-3H,1H3,(H3,14,15,16). The molecule has 0 unspecified atom stereocenters. The van der Waals surface area contributed by atoms with Crippen LogP contribution in [0.4, 0.5) is 14.6 Å². The van der Waals surface area contributed by atoms with Gasteiger partial charge in [-0.1, -0.05) is 0 Å². The lowest BCUT2D eigenvalue weighted by molar-refractivity contribution is 0.510. The number of aryl methyl sites for hydroxylation is 1. The van der Waals surface area contributed by atoms with Crippen molar-refractivity contribution >= 4 is 27.8 Å². The van der Waals surface area contributed by atoms with E-state index in [-0.39, 0.29) is 22.1 Å². The fraction of sp³-hybridized carbons (Fsp3) is 0.0909. The van der Waals surface area contributed by atoms with Crippen molar-refractivity contribution in [2.45, 2.75) is 0 Å². The highest BCUT2D eigenvalue weighted by atomic mass is 19.2. The van der Waals surface area contributed by atoms with Crippen LogP contribution >= 0.6 is 0 Å². The minimum atomic E-state index is -1.07. The summed E-state index contributed by atoms with van der Waals surface area (Å²) in [5, 5.41) is 6.60. The molecule has 7 heteroatoms. The number of benzene rings is 1. The predicted octanol–water partition coefficient (Wildman–Crippen LogP) is 1.28. The smallest absolute Gasteiger partial charge is 0.202 e. The van der Waals surface area contributed by atoms with Gasteiger partial charge >= 0.3 is 0 Å². The third-order valence-electron chi connectivity index (χ3n) is 2.96. The van der Waals surface area contributed by atoms with Gasteiger partial charge in [0, 0.05) is 18.5 Å². The highest BCUT2D eigenvalue weighted by Crippen LogP contribution is 2.21. The molecule has 18 heavy (non-hydrogen) atoms. The van der Waals surface area contributed by atoms with Gasteiger partial charge in [0.2, 0.25) is 5.43 Å². The summed E-state index contributed by atoms with van der Waals surface area (Å²) in [6, 6.07) is 1.84. The predicted molar refractivity (Wildman–Crippen MR) is 63.2 cm³/mol. The summed E-state index contributed by atoms with van der Waals surface area (Å²) in [4.78, 5) is 12.1. The minimum Gasteiger partial charge on any atom is -0.383 e. The summed E-state index contributed by atoms with van der Waals surface area (Å²) in [5.41, 5.74) is 5.70. The van der Waals surface area contributed by atoms with Crippen molar-refractivity contribution in [3.63, 3.8) is 0 Å². The molecule has 0 aliphatic carbocycles. The van der Waals surface area contributed by atoms with Crippen LogP contribution in [0.15, 0.2) is 16.9 Å². The molecule has 5 nitrogen and oxygen atoms in total. The second-order valence-electron chi connectivity index (χ2n) is 4.01. The van der Waals surface area contributed by atoms with Gasteiger partial charge in [0.15, 0.2) is 17.3 Å². The molecule has 0 amide bonds. The van der Waals surface area contributed by atoms with E-state index in [1.54, 1.807) is 7.05 Å². The zero-order valence-electron chi connectivity index (χ0n) is 9.29. The molecule has 3 N–H and O–H groups in total. The Labute approximate surface area is 98.8 Å². The number of nitrogens with two attached hydrogens (primary N) is 1. The van der Waals surface area contributed by atoms with Gasteiger partial charge < -0.3 is 10.3 Å². The number of aromatic nitrogens is 3. The molecule has 0 aliphatic heterocycles. The summed E-state index contributed by atoms with van der Waals surface area (Å²) in [6.07, 6.45) is 0. The van der Waals surface area contributed by atoms with Crippen molar-refractivity contribution in [1.82, 2.24) is 14.8 Å². The molecule has 0 fully saturated rings. The average molecular weight is 250 g/mol. The number of anilines is 1. The zero-order chi connectivity index (χ0) is 13.0. The molecule has 92 valence electrons. The number of H-pyrrole nitrogens is 1. The Morgan fingerprint density at radius 1 is 1.33 bits per heavy atom. The van der Waals surface area contributed by atoms with Crippen LogP contribution in [0.5, 0.6) is 0 Å². The summed E-state index contributed by atoms with van der Waals surface area (Å²) < 4.78 is 27.9. The lowest BCUT2D eigenvalue weighted by Crippen LogP contribution is -2.10. The Kier molecular flexibility index (Phi) is 1.95. The molecule has 3 rings (SSSR count). The molecule has 2 heterocycles. The van der Waals surface area contributed by atoms with Gasteiger partial charge in [-0.3, -0.25) is 9.89 Å². The Morgan fingerprint density at radius 3 is 2.72 bits per heavy atom. The molecule has 0 saturated heterocycles. The Balaban J connectivity index is 2.69. The first-order chi connectivity index (χ1) is 8.50. The third kappa shape index (κ3) is 1.18. The third-order valence-corrected chi connectivity index (χ3v) is 2.96. The second kappa shape index (κ2) is 3.28. The lowest BCUT2D eigenvalue weighted by Gasteiger charge is -2.06. The number of hydrogen-bond acceptors (Lipinski definition) is 3. The maximum Gasteiger partial charge on any atom is 0.202 e. The SMILES string of the molecule is Cn1c2cc(F)c(F)cc2c(=O)c2c(N)[nH]nc21. The second-order valence-corrected chi connectivity index (χ2v) is 4.01. The maximum atomic E-state index is 13.2. The largest absolute Gasteiger partial charge is 0.383 e. The van der Waals surface area contributed by atoms with Crippen LogP contribution in [-0.2, 0) is 7.05 Å². The van der Waals surface area contributed by atoms with Gasteiger partial charge in [-0.15, -0.1) is 0 Å². The van der Waals surface area contributed by atoms with E-state index in [4.69, 9.17) is 5.73 Å². The number of halogens is 2. The van der Waals surface area contributed by atoms with E-state index in [9.17, 15) is 13.6 Å². The number of pyridine rings is 1. The van der Waals surface area contributed by atoms with Crippen molar-refractivity contribution in [2.24, 2.45) is 7.05 Å². The zero-order valence-corrected chi connectivity index (χ0v) is 9.29. The van der Waals surface area contributed by atoms with Crippen LogP contribution in [-0.4, -0.2) is 14.8 Å². The van der Waals surface area contributed by atoms with Gasteiger partial charge in [0.1, 0.15) is 11.2 Å². The molecular weight excluding hydrogens is 242 g/mol. The number of fused-ring (bicyclic) bond motifs is 2. The summed E-state index contributed by atoms with van der Waals surface area (Å²) in [5.74, 6) is -1.97. The molecule has 0 bridgehead atoms. The van der Waals surface area contributed by atoms with E-state index >= 15 is 0 Å². The summed E-state index contributed by atoms with van der Waals surface area (Å²) >= 11 is 0. The van der Waals surface area contributed by atoms with Crippen LogP contribution in [0.2, 0.25) is 0 Å². The number of aromatic amines is 1. The van der Waals surface area contributed by atoms with E-state index in [2.05, 4.69) is 10.2 Å². The summed E-state index contributed by atoms with van der Waals surface area (Å²) in [7, 11) is 1.60. The molecule has 0 saturated carbocycles. The van der Waals surface area contributed by atoms with Gasteiger partial charge in [0.25, 0.3) is 0 Å². The normalized spacial score (nSPS) is 11.5. The van der Waals surface area contributed by atoms with Crippen LogP contribution in [0, 0.1) is 11.6 Å². The van der Waals surface area contributed by atoms with Crippen molar-refractivity contribution < 1.29 is 8.78 Å². The van der Waals surface area contributed by atoms with Gasteiger partial charge in [0.05, 0.1) is 5.52 Å². The van der Waals surface area contributed by atoms with Crippen molar-refractivity contribution in [3.8, 4) is 0 Å². The molecular formula is C11H8F2N4O. The highest BCUT2D eigenvalue weighted by molar-refractivity contribution is 5.96. The van der Waals surface area contributed by atoms with Gasteiger partial charge in [-0.05, 0) is 6.07 Å². The Morgan fingerprint density at radius 2 is 2.00 bits per heavy atom.